The average Bonchev–Trinajstić information content (AvgIpc) is 1.60. The van der Waals surface area contributed by atoms with Crippen molar-refractivity contribution in [2.75, 3.05) is 27.2 Å². The second-order valence-corrected chi connectivity index (χ2v) is 24.8. The van der Waals surface area contributed by atoms with Crippen LogP contribution in [0.15, 0.2) is 97.1 Å². The molecule has 15 rings (SSSR count). The Morgan fingerprint density at radius 3 is 0.753 bits per heavy atom. The zero-order chi connectivity index (χ0) is 64.1. The molecule has 1 aliphatic carbocycles. The number of carbonyl (C=O) groups excluding carboxylic acids is 7. The van der Waals surface area contributed by atoms with Gasteiger partial charge in [0.15, 0.2) is 0 Å². The summed E-state index contributed by atoms with van der Waals surface area (Å²) < 4.78 is 61.9. The quantitative estimate of drug-likeness (QED) is 0.0650. The maximum absolute atomic E-state index is 14.7. The van der Waals surface area contributed by atoms with E-state index in [1.54, 1.807) is 72.8 Å². The van der Waals surface area contributed by atoms with Crippen LogP contribution in [0.5, 0.6) is 46.0 Å². The number of fused-ring (bicyclic) bond motifs is 3. The third-order valence-corrected chi connectivity index (χ3v) is 19.5. The summed E-state index contributed by atoms with van der Waals surface area (Å²) in [6.07, 6.45) is 4.49. The second kappa shape index (κ2) is 23.5. The summed E-state index contributed by atoms with van der Waals surface area (Å²) in [5.74, 6) is -3.06. The van der Waals surface area contributed by atoms with Crippen LogP contribution in [0.1, 0.15) is 239 Å². The molecule has 0 aromatic heterocycles. The van der Waals surface area contributed by atoms with Crippen molar-refractivity contribution in [2.45, 2.75) is 136 Å². The molecule has 0 spiro atoms. The standard InChI is InChI=1S/C74H67N3O16/c1-6-16-39-49-26-50-40(17-7-2)52-28-54-42(19-9-4)56-29-55-41(18-8-3)53-27-51(39)63-58(31-76-71(81)45-22-12-13-23-46(45)72(76)82)65(53)90-36-92-67(55)60(33-85-38(5)78)68(56)93-37-91-66(54)59(32-77-73(83)47-24-14-15-25-48(47)74(77)84)64(52)89-35-87-62(50)57(61(49)86-34-88-63)30-75-69(79)43-20-10-11-21-44(43)70(75)80/h10-15,20-29,39-42H,6-9,16-19,30-37H2,1-5H3. The maximum Gasteiger partial charge on any atom is 0.302 e. The number of hydrogen-bond acceptors (Lipinski definition) is 16. The van der Waals surface area contributed by atoms with Crippen LogP contribution < -0.4 is 37.9 Å². The zero-order valence-electron chi connectivity index (χ0n) is 52.2. The third-order valence-electron chi connectivity index (χ3n) is 19.5. The van der Waals surface area contributed by atoms with Gasteiger partial charge in [0.1, 0.15) is 52.6 Å². The fourth-order valence-corrected chi connectivity index (χ4v) is 15.5. The number of amides is 6. The van der Waals surface area contributed by atoms with E-state index in [9.17, 15) is 33.6 Å². The van der Waals surface area contributed by atoms with Crippen LogP contribution in [0.25, 0.3) is 0 Å². The first-order valence-electron chi connectivity index (χ1n) is 32.1. The summed E-state index contributed by atoms with van der Waals surface area (Å²) in [5, 5.41) is 0. The van der Waals surface area contributed by atoms with Crippen LogP contribution in [0.2, 0.25) is 0 Å². The minimum atomic E-state index is -0.612. The van der Waals surface area contributed by atoms with Gasteiger partial charge >= 0.3 is 5.97 Å². The van der Waals surface area contributed by atoms with Gasteiger partial charge < -0.3 is 42.6 Å². The summed E-state index contributed by atoms with van der Waals surface area (Å²) in [7, 11) is 0. The Morgan fingerprint density at radius 1 is 0.355 bits per heavy atom. The lowest BCUT2D eigenvalue weighted by molar-refractivity contribution is -0.142. The van der Waals surface area contributed by atoms with E-state index in [2.05, 4.69) is 52.0 Å². The molecule has 7 heterocycles. The van der Waals surface area contributed by atoms with E-state index >= 15 is 0 Å². The van der Waals surface area contributed by atoms with Crippen molar-refractivity contribution in [3.63, 3.8) is 0 Å². The molecule has 7 aromatic rings. The van der Waals surface area contributed by atoms with Crippen LogP contribution in [0.3, 0.4) is 0 Å². The van der Waals surface area contributed by atoms with Gasteiger partial charge in [0.25, 0.3) is 35.4 Å². The van der Waals surface area contributed by atoms with E-state index in [4.69, 9.17) is 42.6 Å². The minimum absolute atomic E-state index is 0.259. The van der Waals surface area contributed by atoms with Gasteiger partial charge in [-0.25, -0.2) is 0 Å². The lowest BCUT2D eigenvalue weighted by atomic mass is 9.74. The highest BCUT2D eigenvalue weighted by Gasteiger charge is 2.46. The van der Waals surface area contributed by atoms with Gasteiger partial charge in [-0.15, -0.1) is 0 Å². The zero-order valence-corrected chi connectivity index (χ0v) is 52.2. The van der Waals surface area contributed by atoms with Gasteiger partial charge in [-0.3, -0.25) is 48.3 Å². The molecule has 0 N–H and O–H groups in total. The Kier molecular flexibility index (Phi) is 14.9. The Hall–Kier alpha value is -10.2. The van der Waals surface area contributed by atoms with Gasteiger partial charge in [-0.2, -0.15) is 0 Å². The van der Waals surface area contributed by atoms with Gasteiger partial charge in [-0.1, -0.05) is 89.8 Å². The fourth-order valence-electron chi connectivity index (χ4n) is 15.5. The molecule has 0 fully saturated rings. The number of hydrogen-bond donors (Lipinski definition) is 0. The Balaban J connectivity index is 1.07. The molecule has 4 unspecified atom stereocenters. The number of benzene rings is 7. The van der Waals surface area contributed by atoms with E-state index in [0.717, 1.165) is 11.1 Å². The van der Waals surface area contributed by atoms with Gasteiger partial charge in [0, 0.05) is 75.1 Å². The third kappa shape index (κ3) is 9.38. The van der Waals surface area contributed by atoms with Crippen molar-refractivity contribution in [1.29, 1.82) is 0 Å². The summed E-state index contributed by atoms with van der Waals surface area (Å²) >= 11 is 0. The lowest BCUT2D eigenvalue weighted by Crippen LogP contribution is -2.32. The van der Waals surface area contributed by atoms with E-state index in [1.807, 2.05) is 0 Å². The van der Waals surface area contributed by atoms with E-state index < -0.39 is 92.3 Å². The number of imide groups is 3. The Bertz CT molecular complexity index is 4070. The van der Waals surface area contributed by atoms with Gasteiger partial charge in [0.05, 0.1) is 75.3 Å². The molecule has 93 heavy (non-hydrogen) atoms. The number of carbonyl (C=O) groups is 7. The Labute approximate surface area is 536 Å². The topological polar surface area (TPSA) is 212 Å². The van der Waals surface area contributed by atoms with Crippen molar-refractivity contribution in [1.82, 2.24) is 14.7 Å². The van der Waals surface area contributed by atoms with Crippen molar-refractivity contribution in [3.05, 3.63) is 197 Å². The molecule has 4 atom stereocenters. The predicted molar refractivity (Wildman–Crippen MR) is 335 cm³/mol. The molecule has 474 valence electrons. The average molecular weight is 1250 g/mol. The molecule has 19 nitrogen and oxygen atoms in total. The monoisotopic (exact) mass is 1250 g/mol. The van der Waals surface area contributed by atoms with Crippen LogP contribution in [0, 0.1) is 0 Å². The maximum atomic E-state index is 14.7. The first-order valence-corrected chi connectivity index (χ1v) is 32.1. The molecule has 6 amide bonds. The number of ether oxygens (including phenoxy) is 9. The van der Waals surface area contributed by atoms with E-state index in [0.29, 0.717) is 153 Å². The highest BCUT2D eigenvalue weighted by molar-refractivity contribution is 6.23. The molecule has 0 saturated heterocycles. The largest absolute Gasteiger partial charge is 0.461 e. The smallest absolute Gasteiger partial charge is 0.302 e. The highest BCUT2D eigenvalue weighted by Crippen LogP contribution is 2.59. The van der Waals surface area contributed by atoms with Crippen molar-refractivity contribution in [3.8, 4) is 46.0 Å². The highest BCUT2D eigenvalue weighted by atomic mass is 16.7. The molecule has 7 aromatic carbocycles. The molecule has 8 bridgehead atoms. The van der Waals surface area contributed by atoms with Crippen LogP contribution in [0.4, 0.5) is 0 Å². The Morgan fingerprint density at radius 2 is 0.559 bits per heavy atom. The van der Waals surface area contributed by atoms with E-state index in [-0.39, 0.29) is 59.6 Å². The van der Waals surface area contributed by atoms with Crippen molar-refractivity contribution < 1.29 is 76.2 Å². The first kappa shape index (κ1) is 59.2. The summed E-state index contributed by atoms with van der Waals surface area (Å²) in [5.41, 5.74) is 8.92. The van der Waals surface area contributed by atoms with Gasteiger partial charge in [0.2, 0.25) is 27.2 Å². The molecule has 19 heteroatoms. The van der Waals surface area contributed by atoms with Crippen LogP contribution in [-0.4, -0.2) is 83.3 Å². The summed E-state index contributed by atoms with van der Waals surface area (Å²) in [4.78, 5) is 105. The predicted octanol–water partition coefficient (Wildman–Crippen LogP) is 13.1. The fraction of sp³-hybridized carbons (Fsp3) is 0.338. The molecule has 8 aliphatic rings. The van der Waals surface area contributed by atoms with Crippen LogP contribution >= 0.6 is 0 Å². The minimum Gasteiger partial charge on any atom is -0.461 e. The molecular weight excluding hydrogens is 1190 g/mol. The van der Waals surface area contributed by atoms with Crippen molar-refractivity contribution >= 4 is 41.4 Å². The molecular formula is C74H67N3O16. The van der Waals surface area contributed by atoms with Gasteiger partial charge in [-0.05, 0) is 86.3 Å². The SMILES string of the molecule is CCCC1c2cc3c4c(COC(C)=O)c2OCOc2c1cc1c(c2CN2C(=O)c5ccccc5C2=O)OCOc2c(cc5c(c2CN2C(=O)c6ccccc6C2=O)OCOc2c(cc(c(c2CN2C(=O)c6ccccc6C2=O)OCO4)C3CCC)C5CCC)C1CCC. The lowest BCUT2D eigenvalue weighted by Gasteiger charge is -2.38. The normalized spacial score (nSPS) is 19.1. The molecule has 0 saturated carbocycles. The summed E-state index contributed by atoms with van der Waals surface area (Å²) in [6.45, 7) is 6.94. The number of rotatable bonds is 16. The van der Waals surface area contributed by atoms with Crippen molar-refractivity contribution in [2.24, 2.45) is 0 Å². The number of esters is 1. The second-order valence-electron chi connectivity index (χ2n) is 24.8. The number of nitrogens with zero attached hydrogens (tertiary/aromatic N) is 3. The van der Waals surface area contributed by atoms with E-state index in [1.165, 1.54) is 21.6 Å². The summed E-state index contributed by atoms with van der Waals surface area (Å²) in [6, 6.07) is 28.7. The molecule has 7 aliphatic heterocycles. The first-order chi connectivity index (χ1) is 45.3. The molecule has 0 radical (unpaired) electrons. The van der Waals surface area contributed by atoms with Crippen LogP contribution in [-0.2, 0) is 35.8 Å².